The number of nitrogens with zero attached hydrogens (tertiary/aromatic N) is 4. The zero-order chi connectivity index (χ0) is 22.8. The van der Waals surface area contributed by atoms with Gasteiger partial charge in [-0.15, -0.1) is 0 Å². The second-order valence-corrected chi connectivity index (χ2v) is 7.69. The van der Waals surface area contributed by atoms with Gasteiger partial charge in [-0.05, 0) is 29.0 Å². The van der Waals surface area contributed by atoms with Gasteiger partial charge >= 0.3 is 0 Å². The number of hydrogen-bond donors (Lipinski definition) is 1. The molecule has 0 aliphatic carbocycles. The topological polar surface area (TPSA) is 81.8 Å². The van der Waals surface area contributed by atoms with Gasteiger partial charge in [-0.2, -0.15) is 5.10 Å². The van der Waals surface area contributed by atoms with E-state index in [4.69, 9.17) is 0 Å². The Hall–Kier alpha value is -4.33. The van der Waals surface area contributed by atoms with Crippen molar-refractivity contribution in [1.29, 1.82) is 0 Å². The molecule has 2 aromatic heterocycles. The summed E-state index contributed by atoms with van der Waals surface area (Å²) in [4.78, 5) is 29.7. The van der Waals surface area contributed by atoms with Crippen LogP contribution in [0.5, 0.6) is 0 Å². The van der Waals surface area contributed by atoms with Crippen LogP contribution in [-0.2, 0) is 13.1 Å². The molecule has 5 rings (SSSR count). The predicted molar refractivity (Wildman–Crippen MR) is 124 cm³/mol. The molecule has 0 saturated heterocycles. The lowest BCUT2D eigenvalue weighted by Crippen LogP contribution is -2.27. The van der Waals surface area contributed by atoms with Crippen molar-refractivity contribution >= 4 is 27.7 Å². The third-order valence-electron chi connectivity index (χ3n) is 5.54. The number of benzene rings is 3. The van der Waals surface area contributed by atoms with Gasteiger partial charge in [0.15, 0.2) is 5.65 Å². The molecule has 0 saturated carbocycles. The molecule has 164 valence electrons. The summed E-state index contributed by atoms with van der Waals surface area (Å²) in [6.07, 6.45) is 2.84. The van der Waals surface area contributed by atoms with Crippen molar-refractivity contribution in [3.05, 3.63) is 107 Å². The summed E-state index contributed by atoms with van der Waals surface area (Å²) in [5, 5.41) is 9.54. The van der Waals surface area contributed by atoms with E-state index in [9.17, 15) is 14.0 Å². The van der Waals surface area contributed by atoms with E-state index in [1.807, 2.05) is 36.4 Å². The molecule has 1 amide bonds. The Bertz CT molecular complexity index is 1540. The van der Waals surface area contributed by atoms with Crippen LogP contribution in [0.15, 0.2) is 84.0 Å². The van der Waals surface area contributed by atoms with Gasteiger partial charge in [0.1, 0.15) is 17.5 Å². The predicted octanol–water partition coefficient (Wildman–Crippen LogP) is 3.36. The Morgan fingerprint density at radius 3 is 2.64 bits per heavy atom. The number of carbonyl (C=O) groups is 1. The van der Waals surface area contributed by atoms with Crippen molar-refractivity contribution in [3.63, 3.8) is 0 Å². The molecule has 0 fully saturated rings. The minimum Gasteiger partial charge on any atom is -0.350 e. The average Bonchev–Trinajstić information content (AvgIpc) is 3.25. The summed E-state index contributed by atoms with van der Waals surface area (Å²) < 4.78 is 16.9. The molecule has 1 N–H and O–H groups in total. The number of carbonyl (C=O) groups excluding carboxylic acids is 1. The van der Waals surface area contributed by atoms with Gasteiger partial charge in [-0.3, -0.25) is 14.2 Å². The summed E-state index contributed by atoms with van der Waals surface area (Å²) in [7, 11) is 0. The molecule has 0 aliphatic heterocycles. The number of fused-ring (bicyclic) bond motifs is 2. The van der Waals surface area contributed by atoms with Crippen molar-refractivity contribution in [1.82, 2.24) is 24.6 Å². The quantitative estimate of drug-likeness (QED) is 0.438. The molecule has 2 heterocycles. The van der Waals surface area contributed by atoms with Crippen LogP contribution in [0.2, 0.25) is 0 Å². The van der Waals surface area contributed by atoms with Crippen molar-refractivity contribution in [2.24, 2.45) is 0 Å². The van der Waals surface area contributed by atoms with E-state index < -0.39 is 0 Å². The molecular formula is C25H20FN5O2. The van der Waals surface area contributed by atoms with Gasteiger partial charge in [-0.25, -0.2) is 14.1 Å². The minimum absolute atomic E-state index is 0.0848. The number of nitrogens with one attached hydrogen (secondary N) is 1. The minimum atomic E-state index is -0.373. The first kappa shape index (κ1) is 20.6. The third kappa shape index (κ3) is 4.10. The van der Waals surface area contributed by atoms with Crippen molar-refractivity contribution in [2.45, 2.75) is 13.1 Å². The molecule has 0 unspecified atom stereocenters. The zero-order valence-electron chi connectivity index (χ0n) is 17.6. The van der Waals surface area contributed by atoms with Gasteiger partial charge in [0.2, 0.25) is 0 Å². The lowest BCUT2D eigenvalue weighted by atomic mass is 10.1. The van der Waals surface area contributed by atoms with Gasteiger partial charge in [0.05, 0.1) is 19.3 Å². The highest BCUT2D eigenvalue weighted by atomic mass is 19.1. The molecule has 0 spiro atoms. The Labute approximate surface area is 188 Å². The fourth-order valence-electron chi connectivity index (χ4n) is 3.79. The van der Waals surface area contributed by atoms with Crippen LogP contribution in [0.4, 0.5) is 4.39 Å². The summed E-state index contributed by atoms with van der Waals surface area (Å²) in [6.45, 7) is 0.760. The number of rotatable bonds is 6. The maximum Gasteiger partial charge on any atom is 0.264 e. The van der Waals surface area contributed by atoms with Crippen LogP contribution in [0.25, 0.3) is 21.8 Å². The average molecular weight is 441 g/mol. The first-order valence-electron chi connectivity index (χ1n) is 10.5. The Balaban J connectivity index is 1.28. The largest absolute Gasteiger partial charge is 0.350 e. The maximum absolute atomic E-state index is 13.9. The number of halogens is 1. The molecule has 7 nitrogen and oxygen atoms in total. The van der Waals surface area contributed by atoms with Gasteiger partial charge in [-0.1, -0.05) is 48.5 Å². The van der Waals surface area contributed by atoms with Crippen molar-refractivity contribution < 1.29 is 9.18 Å². The van der Waals surface area contributed by atoms with Gasteiger partial charge < -0.3 is 5.32 Å². The van der Waals surface area contributed by atoms with Crippen LogP contribution in [0, 0.1) is 5.82 Å². The van der Waals surface area contributed by atoms with Crippen LogP contribution < -0.4 is 10.9 Å². The molecule has 0 bridgehead atoms. The molecule has 0 radical (unpaired) electrons. The van der Waals surface area contributed by atoms with Gasteiger partial charge in [0, 0.05) is 17.7 Å². The highest BCUT2D eigenvalue weighted by molar-refractivity contribution is 5.98. The fraction of sp³-hybridized carbons (Fsp3) is 0.120. The summed E-state index contributed by atoms with van der Waals surface area (Å²) in [5.74, 6) is -0.556. The first-order valence-corrected chi connectivity index (χ1v) is 10.5. The molecular weight excluding hydrogens is 421 g/mol. The highest BCUT2D eigenvalue weighted by Gasteiger charge is 2.12. The van der Waals surface area contributed by atoms with E-state index in [0.29, 0.717) is 35.2 Å². The van der Waals surface area contributed by atoms with E-state index in [0.717, 1.165) is 10.8 Å². The van der Waals surface area contributed by atoms with E-state index >= 15 is 0 Å². The van der Waals surface area contributed by atoms with Crippen LogP contribution in [0.3, 0.4) is 0 Å². The van der Waals surface area contributed by atoms with Crippen LogP contribution in [0.1, 0.15) is 15.9 Å². The fourth-order valence-corrected chi connectivity index (χ4v) is 3.79. The van der Waals surface area contributed by atoms with E-state index in [-0.39, 0.29) is 23.8 Å². The molecule has 3 aromatic carbocycles. The van der Waals surface area contributed by atoms with Crippen molar-refractivity contribution in [3.8, 4) is 0 Å². The number of hydrogen-bond acceptors (Lipinski definition) is 4. The Morgan fingerprint density at radius 1 is 1.00 bits per heavy atom. The maximum atomic E-state index is 13.9. The Morgan fingerprint density at radius 2 is 1.79 bits per heavy atom. The van der Waals surface area contributed by atoms with E-state index in [1.165, 1.54) is 23.2 Å². The molecule has 0 atom stereocenters. The van der Waals surface area contributed by atoms with E-state index in [2.05, 4.69) is 15.4 Å². The Kier molecular flexibility index (Phi) is 5.40. The zero-order valence-corrected chi connectivity index (χ0v) is 17.6. The lowest BCUT2D eigenvalue weighted by Gasteiger charge is -2.08. The smallest absolute Gasteiger partial charge is 0.264 e. The molecule has 33 heavy (non-hydrogen) atoms. The summed E-state index contributed by atoms with van der Waals surface area (Å²) >= 11 is 0. The summed E-state index contributed by atoms with van der Waals surface area (Å²) in [5.41, 5.74) is 1.11. The second kappa shape index (κ2) is 8.66. The monoisotopic (exact) mass is 441 g/mol. The molecule has 0 aliphatic rings. The molecule has 5 aromatic rings. The van der Waals surface area contributed by atoms with Crippen LogP contribution in [-0.4, -0.2) is 31.8 Å². The van der Waals surface area contributed by atoms with E-state index in [1.54, 1.807) is 28.9 Å². The highest BCUT2D eigenvalue weighted by Crippen LogP contribution is 2.15. The SMILES string of the molecule is O=C(NCCn1ncc2c(=O)n(Cc3ccccc3F)cnc21)c1ccc2ccccc2c1. The molecule has 8 heteroatoms. The normalized spacial score (nSPS) is 11.2. The standard InChI is InChI=1S/C25H20FN5O2/c26-22-8-4-3-7-20(22)15-30-16-28-23-21(25(30)33)14-29-31(23)12-11-27-24(32)19-10-9-17-5-1-2-6-18(17)13-19/h1-10,13-14,16H,11-12,15H2,(H,27,32). The number of amides is 1. The first-order chi connectivity index (χ1) is 16.1. The lowest BCUT2D eigenvalue weighted by molar-refractivity contribution is 0.0952. The van der Waals surface area contributed by atoms with Gasteiger partial charge in [0.25, 0.3) is 11.5 Å². The third-order valence-corrected chi connectivity index (χ3v) is 5.54. The number of aromatic nitrogens is 4. The second-order valence-electron chi connectivity index (χ2n) is 7.69. The summed E-state index contributed by atoms with van der Waals surface area (Å²) in [6, 6.07) is 19.7. The van der Waals surface area contributed by atoms with Crippen molar-refractivity contribution in [2.75, 3.05) is 6.54 Å². The van der Waals surface area contributed by atoms with Crippen LogP contribution >= 0.6 is 0 Å².